The van der Waals surface area contributed by atoms with Gasteiger partial charge >= 0.3 is 5.97 Å². The molecule has 1 aliphatic rings. The summed E-state index contributed by atoms with van der Waals surface area (Å²) >= 11 is 6.20. The summed E-state index contributed by atoms with van der Waals surface area (Å²) < 4.78 is 4.74. The molecular weight excluding hydrogens is 328 g/mol. The number of hydrogen-bond donors (Lipinski definition) is 1. The molecule has 1 aromatic carbocycles. The number of methoxy groups -OCH3 is 1. The normalized spacial score (nSPS) is 12.6. The second kappa shape index (κ2) is 6.61. The lowest BCUT2D eigenvalue weighted by Gasteiger charge is -2.12. The van der Waals surface area contributed by atoms with E-state index in [-0.39, 0.29) is 16.6 Å². The highest BCUT2D eigenvalue weighted by Gasteiger charge is 2.20. The van der Waals surface area contributed by atoms with Gasteiger partial charge in [0.15, 0.2) is 5.69 Å². The topological polar surface area (TPSA) is 68.3 Å². The average Bonchev–Trinajstić information content (AvgIpc) is 3.03. The highest BCUT2D eigenvalue weighted by atomic mass is 35.5. The van der Waals surface area contributed by atoms with Gasteiger partial charge in [-0.25, -0.2) is 9.78 Å². The Morgan fingerprint density at radius 2 is 1.96 bits per heavy atom. The molecule has 124 valence electrons. The Kier molecular flexibility index (Phi) is 4.53. The maximum Gasteiger partial charge on any atom is 0.358 e. The van der Waals surface area contributed by atoms with Gasteiger partial charge in [-0.2, -0.15) is 0 Å². The van der Waals surface area contributed by atoms with E-state index < -0.39 is 5.97 Å². The number of fused-ring (bicyclic) bond motifs is 1. The van der Waals surface area contributed by atoms with Crippen molar-refractivity contribution >= 4 is 29.2 Å². The smallest absolute Gasteiger partial charge is 0.358 e. The van der Waals surface area contributed by atoms with Gasteiger partial charge in [-0.05, 0) is 42.5 Å². The number of anilines is 1. The van der Waals surface area contributed by atoms with Crippen LogP contribution in [0.15, 0.2) is 24.3 Å². The molecule has 0 spiro atoms. The zero-order valence-electron chi connectivity index (χ0n) is 13.5. The number of amides is 1. The van der Waals surface area contributed by atoms with Gasteiger partial charge in [0.25, 0.3) is 0 Å². The van der Waals surface area contributed by atoms with Crippen LogP contribution >= 0.6 is 11.6 Å². The number of aromatic nitrogens is 1. The zero-order valence-corrected chi connectivity index (χ0v) is 14.2. The van der Waals surface area contributed by atoms with Crippen LogP contribution in [-0.4, -0.2) is 24.0 Å². The number of nitrogens with one attached hydrogen (secondary N) is 1. The monoisotopic (exact) mass is 344 g/mol. The fourth-order valence-corrected chi connectivity index (χ4v) is 3.14. The minimum atomic E-state index is -0.644. The first-order chi connectivity index (χ1) is 11.5. The van der Waals surface area contributed by atoms with E-state index in [1.54, 1.807) is 6.07 Å². The number of nitrogens with zero attached hydrogens (tertiary/aromatic N) is 1. The summed E-state index contributed by atoms with van der Waals surface area (Å²) in [5.41, 5.74) is 4.42. The van der Waals surface area contributed by atoms with Gasteiger partial charge in [0, 0.05) is 12.5 Å². The van der Waals surface area contributed by atoms with Crippen LogP contribution in [0.25, 0.3) is 11.3 Å². The molecule has 1 aliphatic carbocycles. The van der Waals surface area contributed by atoms with Crippen LogP contribution in [0.2, 0.25) is 5.02 Å². The summed E-state index contributed by atoms with van der Waals surface area (Å²) in [6.07, 6.45) is 3.28. The van der Waals surface area contributed by atoms with Crippen molar-refractivity contribution in [3.63, 3.8) is 0 Å². The van der Waals surface area contributed by atoms with Crippen molar-refractivity contribution in [3.8, 4) is 11.3 Å². The van der Waals surface area contributed by atoms with E-state index >= 15 is 0 Å². The summed E-state index contributed by atoms with van der Waals surface area (Å²) in [4.78, 5) is 27.7. The van der Waals surface area contributed by atoms with E-state index in [0.717, 1.165) is 24.8 Å². The summed E-state index contributed by atoms with van der Waals surface area (Å²) in [7, 11) is 1.26. The van der Waals surface area contributed by atoms with Gasteiger partial charge in [0.1, 0.15) is 0 Å². The van der Waals surface area contributed by atoms with E-state index in [2.05, 4.69) is 22.4 Å². The molecule has 1 N–H and O–H groups in total. The number of carbonyl (C=O) groups is 2. The average molecular weight is 345 g/mol. The molecule has 0 bridgehead atoms. The Balaban J connectivity index is 2.13. The highest BCUT2D eigenvalue weighted by Crippen LogP contribution is 2.32. The number of hydrogen-bond acceptors (Lipinski definition) is 4. The zero-order chi connectivity index (χ0) is 17.3. The van der Waals surface area contributed by atoms with Crippen LogP contribution in [0.1, 0.15) is 35.0 Å². The fourth-order valence-electron chi connectivity index (χ4n) is 2.92. The number of benzene rings is 1. The molecule has 0 aliphatic heterocycles. The van der Waals surface area contributed by atoms with Crippen LogP contribution in [0.4, 0.5) is 5.69 Å². The number of ether oxygens (including phenoxy) is 1. The Bertz CT molecular complexity index is 833. The molecule has 0 fully saturated rings. The number of halogens is 1. The Morgan fingerprint density at radius 3 is 2.67 bits per heavy atom. The molecule has 5 nitrogen and oxygen atoms in total. The van der Waals surface area contributed by atoms with E-state index in [4.69, 9.17) is 16.3 Å². The molecule has 1 aromatic heterocycles. The molecule has 0 radical (unpaired) electrons. The molecule has 3 rings (SSSR count). The molecule has 0 saturated carbocycles. The number of rotatable bonds is 3. The van der Waals surface area contributed by atoms with Crippen molar-refractivity contribution in [2.45, 2.75) is 26.2 Å². The minimum absolute atomic E-state index is 0.0130. The summed E-state index contributed by atoms with van der Waals surface area (Å²) in [6.45, 7) is 1.38. The third-order valence-electron chi connectivity index (χ3n) is 4.04. The highest BCUT2D eigenvalue weighted by molar-refractivity contribution is 6.36. The summed E-state index contributed by atoms with van der Waals surface area (Å²) in [5, 5.41) is 2.71. The molecule has 24 heavy (non-hydrogen) atoms. The predicted molar refractivity (Wildman–Crippen MR) is 92.4 cm³/mol. The maximum atomic E-state index is 12.0. The first-order valence-electron chi connectivity index (χ1n) is 7.68. The first-order valence-corrected chi connectivity index (χ1v) is 8.06. The third kappa shape index (κ3) is 3.12. The van der Waals surface area contributed by atoms with E-state index in [1.807, 2.05) is 6.07 Å². The predicted octanol–water partition coefficient (Wildman–Crippen LogP) is 3.64. The van der Waals surface area contributed by atoms with Crippen LogP contribution in [0.5, 0.6) is 0 Å². The Morgan fingerprint density at radius 1 is 1.21 bits per heavy atom. The van der Waals surface area contributed by atoms with Crippen molar-refractivity contribution in [2.24, 2.45) is 0 Å². The van der Waals surface area contributed by atoms with Gasteiger partial charge in [-0.3, -0.25) is 4.79 Å². The van der Waals surface area contributed by atoms with Crippen molar-refractivity contribution < 1.29 is 14.3 Å². The molecule has 0 unspecified atom stereocenters. The Hall–Kier alpha value is -2.40. The van der Waals surface area contributed by atoms with Crippen molar-refractivity contribution in [2.75, 3.05) is 12.4 Å². The second-order valence-electron chi connectivity index (χ2n) is 5.73. The number of aryl methyl sites for hydroxylation is 2. The van der Waals surface area contributed by atoms with Crippen LogP contribution < -0.4 is 5.32 Å². The van der Waals surface area contributed by atoms with E-state index in [9.17, 15) is 9.59 Å². The van der Waals surface area contributed by atoms with Gasteiger partial charge in [-0.1, -0.05) is 23.7 Å². The van der Waals surface area contributed by atoms with Crippen molar-refractivity contribution in [1.29, 1.82) is 0 Å². The van der Waals surface area contributed by atoms with Crippen LogP contribution in [0.3, 0.4) is 0 Å². The first kappa shape index (κ1) is 16.5. The standard InChI is InChI=1S/C18H17ClN2O3/c1-10(22)20-15-9-14(21-17(16(15)19)18(23)24-2)13-7-6-11-4-3-5-12(11)8-13/h6-9H,3-5H2,1-2H3,(H,20,21,22). The summed E-state index contributed by atoms with van der Waals surface area (Å²) in [5.74, 6) is -0.923. The number of carbonyl (C=O) groups excluding carboxylic acids is 2. The van der Waals surface area contributed by atoms with Crippen LogP contribution in [-0.2, 0) is 22.4 Å². The molecule has 1 amide bonds. The lowest BCUT2D eigenvalue weighted by atomic mass is 10.0. The third-order valence-corrected chi connectivity index (χ3v) is 4.42. The SMILES string of the molecule is COC(=O)c1nc(-c2ccc3c(c2)CCC3)cc(NC(C)=O)c1Cl. The molecular formula is C18H17ClN2O3. The molecule has 1 heterocycles. The van der Waals surface area contributed by atoms with Gasteiger partial charge in [0.05, 0.1) is 23.5 Å². The van der Waals surface area contributed by atoms with Crippen molar-refractivity contribution in [3.05, 3.63) is 46.1 Å². The lowest BCUT2D eigenvalue weighted by molar-refractivity contribution is -0.114. The molecule has 6 heteroatoms. The fraction of sp³-hybridized carbons (Fsp3) is 0.278. The molecule has 2 aromatic rings. The molecule has 0 saturated heterocycles. The summed E-state index contributed by atoms with van der Waals surface area (Å²) in [6, 6.07) is 7.81. The van der Waals surface area contributed by atoms with Gasteiger partial charge in [-0.15, -0.1) is 0 Å². The largest absolute Gasteiger partial charge is 0.464 e. The number of esters is 1. The quantitative estimate of drug-likeness (QED) is 0.863. The maximum absolute atomic E-state index is 12.0. The minimum Gasteiger partial charge on any atom is -0.464 e. The lowest BCUT2D eigenvalue weighted by Crippen LogP contribution is -2.12. The Labute approximate surface area is 145 Å². The van der Waals surface area contributed by atoms with Crippen LogP contribution in [0, 0.1) is 0 Å². The number of pyridine rings is 1. The second-order valence-corrected chi connectivity index (χ2v) is 6.11. The molecule has 0 atom stereocenters. The van der Waals surface area contributed by atoms with Gasteiger partial charge in [0.2, 0.25) is 5.91 Å². The van der Waals surface area contributed by atoms with E-state index in [0.29, 0.717) is 11.4 Å². The van der Waals surface area contributed by atoms with Crippen molar-refractivity contribution in [1.82, 2.24) is 4.98 Å². The van der Waals surface area contributed by atoms with Gasteiger partial charge < -0.3 is 10.1 Å². The van der Waals surface area contributed by atoms with E-state index in [1.165, 1.54) is 25.2 Å².